The van der Waals surface area contributed by atoms with Gasteiger partial charge in [-0.3, -0.25) is 4.79 Å². The second-order valence-corrected chi connectivity index (χ2v) is 3.61. The van der Waals surface area contributed by atoms with E-state index in [2.05, 4.69) is 5.32 Å². The Hall–Kier alpha value is -1.60. The van der Waals surface area contributed by atoms with E-state index in [0.29, 0.717) is 17.0 Å². The molecule has 0 fully saturated rings. The van der Waals surface area contributed by atoms with Crippen molar-refractivity contribution in [2.75, 3.05) is 6.54 Å². The van der Waals surface area contributed by atoms with Gasteiger partial charge in [-0.2, -0.15) is 5.26 Å². The summed E-state index contributed by atoms with van der Waals surface area (Å²) in [7, 11) is 0. The summed E-state index contributed by atoms with van der Waals surface area (Å²) in [6, 6.07) is 6.00. The highest BCUT2D eigenvalue weighted by molar-refractivity contribution is 6.30. The van der Waals surface area contributed by atoms with E-state index in [1.807, 2.05) is 0 Å². The molecule has 0 spiro atoms. The van der Waals surface area contributed by atoms with Gasteiger partial charge >= 0.3 is 0 Å². The van der Waals surface area contributed by atoms with E-state index in [1.54, 1.807) is 6.07 Å². The predicted molar refractivity (Wildman–Crippen MR) is 58.4 cm³/mol. The van der Waals surface area contributed by atoms with Crippen molar-refractivity contribution in [3.63, 3.8) is 0 Å². The minimum atomic E-state index is -0.357. The minimum Gasteiger partial charge on any atom is -0.355 e. The number of carbonyl (C=O) groups excluding carboxylic acids is 1. The van der Waals surface area contributed by atoms with Crippen LogP contribution < -0.4 is 5.32 Å². The SMILES string of the molecule is N#CCC(=O)NCCc1cc(Cl)ccc1F. The number of carbonyl (C=O) groups is 1. The average Bonchev–Trinajstić information content (AvgIpc) is 2.23. The first-order valence-electron chi connectivity index (χ1n) is 4.71. The lowest BCUT2D eigenvalue weighted by atomic mass is 10.1. The van der Waals surface area contributed by atoms with Crippen LogP contribution in [0.2, 0.25) is 5.02 Å². The number of hydrogen-bond donors (Lipinski definition) is 1. The van der Waals surface area contributed by atoms with E-state index in [1.165, 1.54) is 18.2 Å². The van der Waals surface area contributed by atoms with Crippen LogP contribution in [0.5, 0.6) is 0 Å². The Bertz CT molecular complexity index is 428. The number of hydrogen-bond acceptors (Lipinski definition) is 2. The normalized spacial score (nSPS) is 9.56. The monoisotopic (exact) mass is 240 g/mol. The van der Waals surface area contributed by atoms with Gasteiger partial charge < -0.3 is 5.32 Å². The molecule has 0 aromatic heterocycles. The third-order valence-electron chi connectivity index (χ3n) is 1.96. The van der Waals surface area contributed by atoms with Crippen LogP contribution in [-0.2, 0) is 11.2 Å². The van der Waals surface area contributed by atoms with Crippen LogP contribution in [0.25, 0.3) is 0 Å². The topological polar surface area (TPSA) is 52.9 Å². The number of nitriles is 1. The summed E-state index contributed by atoms with van der Waals surface area (Å²) in [6.45, 7) is 0.289. The summed E-state index contributed by atoms with van der Waals surface area (Å²) < 4.78 is 13.2. The van der Waals surface area contributed by atoms with Gasteiger partial charge in [0.25, 0.3) is 0 Å². The van der Waals surface area contributed by atoms with Crippen molar-refractivity contribution in [3.05, 3.63) is 34.6 Å². The quantitative estimate of drug-likeness (QED) is 0.876. The molecule has 1 rings (SSSR count). The average molecular weight is 241 g/mol. The maximum absolute atomic E-state index is 13.2. The molecule has 1 aromatic rings. The smallest absolute Gasteiger partial charge is 0.234 e. The summed E-state index contributed by atoms with van der Waals surface area (Å²) in [6.07, 6.45) is 0.168. The van der Waals surface area contributed by atoms with Gasteiger partial charge in [0, 0.05) is 11.6 Å². The molecule has 1 amide bonds. The van der Waals surface area contributed by atoms with E-state index in [9.17, 15) is 9.18 Å². The van der Waals surface area contributed by atoms with Gasteiger partial charge in [-0.15, -0.1) is 0 Å². The molecular formula is C11H10ClFN2O. The molecule has 16 heavy (non-hydrogen) atoms. The third-order valence-corrected chi connectivity index (χ3v) is 2.20. The summed E-state index contributed by atoms with van der Waals surface area (Å²) in [5.41, 5.74) is 0.449. The Morgan fingerprint density at radius 2 is 2.31 bits per heavy atom. The molecule has 0 aliphatic carbocycles. The molecule has 0 bridgehead atoms. The van der Waals surface area contributed by atoms with Crippen LogP contribution in [0.3, 0.4) is 0 Å². The molecule has 0 radical (unpaired) electrons. The van der Waals surface area contributed by atoms with Crippen molar-refractivity contribution < 1.29 is 9.18 Å². The van der Waals surface area contributed by atoms with Gasteiger partial charge in [-0.1, -0.05) is 11.6 Å². The summed E-state index contributed by atoms with van der Waals surface area (Å²) in [4.78, 5) is 10.9. The van der Waals surface area contributed by atoms with E-state index >= 15 is 0 Å². The molecule has 84 valence electrons. The minimum absolute atomic E-state index is 0.183. The second kappa shape index (κ2) is 6.09. The van der Waals surface area contributed by atoms with Crippen LogP contribution in [0.15, 0.2) is 18.2 Å². The predicted octanol–water partition coefficient (Wildman–Crippen LogP) is 2.05. The van der Waals surface area contributed by atoms with E-state index in [0.717, 1.165) is 0 Å². The highest BCUT2D eigenvalue weighted by atomic mass is 35.5. The Labute approximate surface area is 97.8 Å². The molecule has 5 heteroatoms. The Kier molecular flexibility index (Phi) is 4.74. The fraction of sp³-hybridized carbons (Fsp3) is 0.273. The molecule has 0 heterocycles. The van der Waals surface area contributed by atoms with Gasteiger partial charge in [0.1, 0.15) is 12.2 Å². The van der Waals surface area contributed by atoms with Gasteiger partial charge in [0.2, 0.25) is 5.91 Å². The molecule has 3 nitrogen and oxygen atoms in total. The summed E-state index contributed by atoms with van der Waals surface area (Å²) in [5.74, 6) is -0.705. The number of nitrogens with zero attached hydrogens (tertiary/aromatic N) is 1. The first-order valence-corrected chi connectivity index (χ1v) is 5.09. The molecule has 0 atom stereocenters. The first-order chi connectivity index (χ1) is 7.63. The standard InChI is InChI=1S/C11H10ClFN2O/c12-9-1-2-10(13)8(7-9)4-6-15-11(16)3-5-14/h1-2,7H,3-4,6H2,(H,15,16). The Morgan fingerprint density at radius 1 is 1.56 bits per heavy atom. The molecule has 0 aliphatic rings. The maximum atomic E-state index is 13.2. The zero-order chi connectivity index (χ0) is 12.0. The van der Waals surface area contributed by atoms with Crippen molar-refractivity contribution >= 4 is 17.5 Å². The number of rotatable bonds is 4. The zero-order valence-corrected chi connectivity index (χ0v) is 9.22. The number of nitrogens with one attached hydrogen (secondary N) is 1. The van der Waals surface area contributed by atoms with Crippen LogP contribution in [0.1, 0.15) is 12.0 Å². The largest absolute Gasteiger partial charge is 0.355 e. The van der Waals surface area contributed by atoms with Crippen LogP contribution in [-0.4, -0.2) is 12.5 Å². The van der Waals surface area contributed by atoms with Crippen LogP contribution >= 0.6 is 11.6 Å². The van der Waals surface area contributed by atoms with Crippen molar-refractivity contribution in [1.29, 1.82) is 5.26 Å². The van der Waals surface area contributed by atoms with Gasteiger partial charge in [0.15, 0.2) is 0 Å². The molecule has 0 saturated carbocycles. The maximum Gasteiger partial charge on any atom is 0.234 e. The van der Waals surface area contributed by atoms with Crippen molar-refractivity contribution in [3.8, 4) is 6.07 Å². The van der Waals surface area contributed by atoms with Gasteiger partial charge in [0.05, 0.1) is 6.07 Å². The fourth-order valence-electron chi connectivity index (χ4n) is 1.21. The molecule has 0 unspecified atom stereocenters. The van der Waals surface area contributed by atoms with Gasteiger partial charge in [-0.25, -0.2) is 4.39 Å². The van der Waals surface area contributed by atoms with Gasteiger partial charge in [-0.05, 0) is 30.2 Å². The fourth-order valence-corrected chi connectivity index (χ4v) is 1.40. The van der Waals surface area contributed by atoms with E-state index in [4.69, 9.17) is 16.9 Å². The number of halogens is 2. The van der Waals surface area contributed by atoms with Crippen molar-refractivity contribution in [1.82, 2.24) is 5.32 Å². The van der Waals surface area contributed by atoms with Crippen LogP contribution in [0.4, 0.5) is 4.39 Å². The van der Waals surface area contributed by atoms with Crippen LogP contribution in [0, 0.1) is 17.1 Å². The highest BCUT2D eigenvalue weighted by Gasteiger charge is 2.04. The second-order valence-electron chi connectivity index (χ2n) is 3.17. The summed E-state index contributed by atoms with van der Waals surface area (Å²) >= 11 is 5.71. The first kappa shape index (κ1) is 12.5. The van der Waals surface area contributed by atoms with E-state index < -0.39 is 0 Å². The zero-order valence-electron chi connectivity index (χ0n) is 8.46. The molecule has 0 saturated heterocycles. The molecule has 0 aliphatic heterocycles. The molecular weight excluding hydrogens is 231 g/mol. The third kappa shape index (κ3) is 3.87. The van der Waals surface area contributed by atoms with Crippen molar-refractivity contribution in [2.24, 2.45) is 0 Å². The lowest BCUT2D eigenvalue weighted by molar-refractivity contribution is -0.120. The highest BCUT2D eigenvalue weighted by Crippen LogP contribution is 2.14. The number of amides is 1. The number of benzene rings is 1. The Morgan fingerprint density at radius 3 is 3.00 bits per heavy atom. The van der Waals surface area contributed by atoms with E-state index in [-0.39, 0.29) is 24.7 Å². The lowest BCUT2D eigenvalue weighted by Gasteiger charge is -2.04. The summed E-state index contributed by atoms with van der Waals surface area (Å²) in [5, 5.41) is 11.2. The Balaban J connectivity index is 2.46. The van der Waals surface area contributed by atoms with Crippen molar-refractivity contribution in [2.45, 2.75) is 12.8 Å². The molecule has 1 N–H and O–H groups in total. The molecule has 1 aromatic carbocycles. The lowest BCUT2D eigenvalue weighted by Crippen LogP contribution is -2.25.